The lowest BCUT2D eigenvalue weighted by Gasteiger charge is -2.30. The van der Waals surface area contributed by atoms with Crippen molar-refractivity contribution in [1.29, 1.82) is 0 Å². The minimum Gasteiger partial charge on any atom is -0.490 e. The predicted octanol–water partition coefficient (Wildman–Crippen LogP) is 5.30. The van der Waals surface area contributed by atoms with E-state index in [2.05, 4.69) is 47.7 Å². The van der Waals surface area contributed by atoms with Crippen LogP contribution in [0.25, 0.3) is 0 Å². The molecule has 6 heteroatoms. The largest absolute Gasteiger partial charge is 0.490 e. The standard InChI is InChI=1S/C27H30N2O4/c1-18-4-2-3-5-24(18)26-12-8-20-16-22(11-13-25(20)32-26)31-21-9-6-19(7-10-21)27(30)28-17-23-14-15-29-33-23/h2-5,11,13-16,19,21,26H,6-10,12,17H2,1H3,(H,28,30). The summed E-state index contributed by atoms with van der Waals surface area (Å²) < 4.78 is 17.6. The van der Waals surface area contributed by atoms with Gasteiger partial charge in [-0.15, -0.1) is 0 Å². The highest BCUT2D eigenvalue weighted by Crippen LogP contribution is 2.38. The summed E-state index contributed by atoms with van der Waals surface area (Å²) in [7, 11) is 0. The maximum atomic E-state index is 12.4. The van der Waals surface area contributed by atoms with Crippen molar-refractivity contribution in [2.45, 2.75) is 64.2 Å². The molecule has 1 aromatic heterocycles. The molecule has 1 unspecified atom stereocenters. The first kappa shape index (κ1) is 21.6. The van der Waals surface area contributed by atoms with Crippen LogP contribution in [0.2, 0.25) is 0 Å². The van der Waals surface area contributed by atoms with Crippen LogP contribution in [0, 0.1) is 12.8 Å². The lowest BCUT2D eigenvalue weighted by atomic mass is 9.86. The van der Waals surface area contributed by atoms with Crippen molar-refractivity contribution in [2.24, 2.45) is 5.92 Å². The van der Waals surface area contributed by atoms with Crippen molar-refractivity contribution in [3.8, 4) is 11.5 Å². The van der Waals surface area contributed by atoms with E-state index in [0.717, 1.165) is 50.0 Å². The topological polar surface area (TPSA) is 73.6 Å². The quantitative estimate of drug-likeness (QED) is 0.556. The number of carbonyl (C=O) groups is 1. The molecular formula is C27H30N2O4. The van der Waals surface area contributed by atoms with E-state index in [9.17, 15) is 4.79 Å². The first-order valence-electron chi connectivity index (χ1n) is 11.8. The SMILES string of the molecule is Cc1ccccc1C1CCc2cc(OC3CCC(C(=O)NCc4ccno4)CC3)ccc2O1. The summed E-state index contributed by atoms with van der Waals surface area (Å²) in [6.07, 6.45) is 7.20. The Morgan fingerprint density at radius 1 is 1.09 bits per heavy atom. The lowest BCUT2D eigenvalue weighted by Crippen LogP contribution is -2.35. The van der Waals surface area contributed by atoms with Gasteiger partial charge in [0.15, 0.2) is 5.76 Å². The van der Waals surface area contributed by atoms with Crippen LogP contribution < -0.4 is 14.8 Å². The molecule has 0 saturated heterocycles. The van der Waals surface area contributed by atoms with E-state index in [1.807, 2.05) is 12.1 Å². The number of nitrogens with zero attached hydrogens (tertiary/aromatic N) is 1. The molecule has 2 heterocycles. The van der Waals surface area contributed by atoms with E-state index in [4.69, 9.17) is 14.0 Å². The van der Waals surface area contributed by atoms with Crippen LogP contribution in [0.4, 0.5) is 0 Å². The number of carbonyl (C=O) groups excluding carboxylic acids is 1. The van der Waals surface area contributed by atoms with E-state index < -0.39 is 0 Å². The van der Waals surface area contributed by atoms with Crippen molar-refractivity contribution in [1.82, 2.24) is 10.5 Å². The Hall–Kier alpha value is -3.28. The Morgan fingerprint density at radius 3 is 2.73 bits per heavy atom. The maximum absolute atomic E-state index is 12.4. The zero-order valence-corrected chi connectivity index (χ0v) is 19.0. The molecule has 1 fully saturated rings. The highest BCUT2D eigenvalue weighted by Gasteiger charge is 2.28. The number of hydrogen-bond donors (Lipinski definition) is 1. The summed E-state index contributed by atoms with van der Waals surface area (Å²) in [4.78, 5) is 12.4. The molecule has 0 radical (unpaired) electrons. The van der Waals surface area contributed by atoms with Crippen LogP contribution in [0.5, 0.6) is 11.5 Å². The minimum atomic E-state index is 0.0306. The third kappa shape index (κ3) is 5.05. The Labute approximate surface area is 194 Å². The third-order valence-electron chi connectivity index (χ3n) is 6.79. The molecular weight excluding hydrogens is 416 g/mol. The molecule has 1 aliphatic heterocycles. The molecule has 0 spiro atoms. The summed E-state index contributed by atoms with van der Waals surface area (Å²) in [5, 5.41) is 6.60. The molecule has 3 aromatic rings. The van der Waals surface area contributed by atoms with Crippen LogP contribution in [0.15, 0.2) is 59.3 Å². The zero-order chi connectivity index (χ0) is 22.6. The van der Waals surface area contributed by atoms with Gasteiger partial charge in [-0.1, -0.05) is 29.4 Å². The number of benzene rings is 2. The monoisotopic (exact) mass is 446 g/mol. The van der Waals surface area contributed by atoms with Gasteiger partial charge in [-0.3, -0.25) is 4.79 Å². The van der Waals surface area contributed by atoms with Crippen LogP contribution >= 0.6 is 0 Å². The van der Waals surface area contributed by atoms with Gasteiger partial charge < -0.3 is 19.3 Å². The van der Waals surface area contributed by atoms with Crippen molar-refractivity contribution in [3.05, 3.63) is 77.2 Å². The van der Waals surface area contributed by atoms with Gasteiger partial charge in [0.05, 0.1) is 18.8 Å². The number of aryl methyl sites for hydroxylation is 2. The number of fused-ring (bicyclic) bond motifs is 1. The van der Waals surface area contributed by atoms with Gasteiger partial charge in [0, 0.05) is 12.0 Å². The second-order valence-electron chi connectivity index (χ2n) is 9.06. The van der Waals surface area contributed by atoms with E-state index in [0.29, 0.717) is 12.3 Å². The van der Waals surface area contributed by atoms with Crippen molar-refractivity contribution < 1.29 is 18.8 Å². The summed E-state index contributed by atoms with van der Waals surface area (Å²) in [5.74, 6) is 2.63. The Morgan fingerprint density at radius 2 is 1.94 bits per heavy atom. The molecule has 1 amide bonds. The second-order valence-corrected chi connectivity index (χ2v) is 9.06. The smallest absolute Gasteiger partial charge is 0.223 e. The fraction of sp³-hybridized carbons (Fsp3) is 0.407. The average Bonchev–Trinajstić information content (AvgIpc) is 3.37. The van der Waals surface area contributed by atoms with Crippen molar-refractivity contribution in [2.75, 3.05) is 0 Å². The van der Waals surface area contributed by atoms with E-state index in [1.54, 1.807) is 12.3 Å². The van der Waals surface area contributed by atoms with E-state index >= 15 is 0 Å². The molecule has 2 aromatic carbocycles. The molecule has 1 aliphatic carbocycles. The van der Waals surface area contributed by atoms with Crippen molar-refractivity contribution >= 4 is 5.91 Å². The molecule has 1 N–H and O–H groups in total. The number of amides is 1. The number of ether oxygens (including phenoxy) is 2. The van der Waals surface area contributed by atoms with Gasteiger partial charge in [-0.05, 0) is 80.3 Å². The lowest BCUT2D eigenvalue weighted by molar-refractivity contribution is -0.126. The van der Waals surface area contributed by atoms with Gasteiger partial charge in [0.1, 0.15) is 17.6 Å². The molecule has 5 rings (SSSR count). The summed E-state index contributed by atoms with van der Waals surface area (Å²) >= 11 is 0. The fourth-order valence-electron chi connectivity index (χ4n) is 4.89. The normalized spacial score (nSPS) is 22.2. The Bertz CT molecular complexity index is 1090. The van der Waals surface area contributed by atoms with E-state index in [1.165, 1.54) is 16.7 Å². The van der Waals surface area contributed by atoms with Gasteiger partial charge in [-0.25, -0.2) is 0 Å². The van der Waals surface area contributed by atoms with Crippen LogP contribution in [-0.2, 0) is 17.8 Å². The average molecular weight is 447 g/mol. The van der Waals surface area contributed by atoms with Gasteiger partial charge in [0.25, 0.3) is 0 Å². The highest BCUT2D eigenvalue weighted by atomic mass is 16.5. The number of nitrogens with one attached hydrogen (secondary N) is 1. The molecule has 1 atom stereocenters. The number of aromatic nitrogens is 1. The van der Waals surface area contributed by atoms with E-state index in [-0.39, 0.29) is 24.0 Å². The highest BCUT2D eigenvalue weighted by molar-refractivity contribution is 5.78. The number of rotatable bonds is 6. The zero-order valence-electron chi connectivity index (χ0n) is 19.0. The Kier molecular flexibility index (Phi) is 6.33. The number of hydrogen-bond acceptors (Lipinski definition) is 5. The second kappa shape index (κ2) is 9.69. The third-order valence-corrected chi connectivity index (χ3v) is 6.79. The predicted molar refractivity (Wildman–Crippen MR) is 124 cm³/mol. The summed E-state index contributed by atoms with van der Waals surface area (Å²) in [6, 6.07) is 16.4. The van der Waals surface area contributed by atoms with Crippen LogP contribution in [0.1, 0.15) is 60.7 Å². The summed E-state index contributed by atoms with van der Waals surface area (Å²) in [5.41, 5.74) is 3.75. The minimum absolute atomic E-state index is 0.0306. The Balaban J connectivity index is 1.13. The first-order valence-corrected chi connectivity index (χ1v) is 11.8. The molecule has 1 saturated carbocycles. The molecule has 172 valence electrons. The summed E-state index contributed by atoms with van der Waals surface area (Å²) in [6.45, 7) is 2.53. The fourth-order valence-corrected chi connectivity index (χ4v) is 4.89. The molecule has 0 bridgehead atoms. The van der Waals surface area contributed by atoms with Crippen LogP contribution in [0.3, 0.4) is 0 Å². The van der Waals surface area contributed by atoms with Crippen molar-refractivity contribution in [3.63, 3.8) is 0 Å². The van der Waals surface area contributed by atoms with Gasteiger partial charge >= 0.3 is 0 Å². The van der Waals surface area contributed by atoms with Gasteiger partial charge in [0.2, 0.25) is 5.91 Å². The van der Waals surface area contributed by atoms with Gasteiger partial charge in [-0.2, -0.15) is 0 Å². The maximum Gasteiger partial charge on any atom is 0.223 e. The first-order chi connectivity index (χ1) is 16.2. The molecule has 6 nitrogen and oxygen atoms in total. The van der Waals surface area contributed by atoms with Crippen LogP contribution in [-0.4, -0.2) is 17.2 Å². The molecule has 2 aliphatic rings. The molecule has 33 heavy (non-hydrogen) atoms.